The lowest BCUT2D eigenvalue weighted by Crippen LogP contribution is -3.00. The van der Waals surface area contributed by atoms with Gasteiger partial charge in [-0.3, -0.25) is 4.79 Å². The molecule has 4 rings (SSSR count). The minimum absolute atomic E-state index is 0. The molecule has 0 saturated heterocycles. The molecule has 108 valence electrons. The van der Waals surface area contributed by atoms with Crippen molar-refractivity contribution in [3.63, 3.8) is 0 Å². The molecule has 4 heteroatoms. The van der Waals surface area contributed by atoms with E-state index in [0.717, 1.165) is 11.2 Å². The first kappa shape index (κ1) is 14.5. The molecule has 0 saturated carbocycles. The van der Waals surface area contributed by atoms with E-state index in [1.807, 2.05) is 87.9 Å². The number of aromatic nitrogens is 2. The predicted molar refractivity (Wildman–Crippen MR) is 80.4 cm³/mol. The van der Waals surface area contributed by atoms with Crippen LogP contribution in [0.15, 0.2) is 79.1 Å². The van der Waals surface area contributed by atoms with Crippen LogP contribution in [0.4, 0.5) is 0 Å². The summed E-state index contributed by atoms with van der Waals surface area (Å²) >= 11 is 0. The number of carbonyl (C=O) groups excluding carboxylic acids is 1. The Morgan fingerprint density at radius 2 is 1.59 bits per heavy atom. The van der Waals surface area contributed by atoms with E-state index < -0.39 is 0 Å². The number of ketones is 1. The second kappa shape index (κ2) is 5.73. The Morgan fingerprint density at radius 1 is 0.864 bits per heavy atom. The number of pyridine rings is 2. The number of carbonyl (C=O) groups is 1. The number of hydrogen-bond donors (Lipinski definition) is 0. The first-order chi connectivity index (χ1) is 10.4. The van der Waals surface area contributed by atoms with E-state index in [4.69, 9.17) is 0 Å². The Bertz CT molecular complexity index is 907. The Hall–Kier alpha value is -2.46. The van der Waals surface area contributed by atoms with Gasteiger partial charge in [0.2, 0.25) is 11.5 Å². The average Bonchev–Trinajstić information content (AvgIpc) is 2.90. The van der Waals surface area contributed by atoms with Gasteiger partial charge in [-0.1, -0.05) is 42.5 Å². The molecule has 0 bridgehead atoms. The van der Waals surface area contributed by atoms with Crippen molar-refractivity contribution >= 4 is 16.9 Å². The number of rotatable bonds is 2. The second-order valence-corrected chi connectivity index (χ2v) is 4.93. The summed E-state index contributed by atoms with van der Waals surface area (Å²) in [4.78, 5) is 12.9. The van der Waals surface area contributed by atoms with Crippen LogP contribution in [0.1, 0.15) is 16.1 Å². The van der Waals surface area contributed by atoms with E-state index in [1.165, 1.54) is 0 Å². The number of nitrogens with zero attached hydrogens (tertiary/aromatic N) is 2. The van der Waals surface area contributed by atoms with Crippen molar-refractivity contribution in [1.29, 1.82) is 0 Å². The monoisotopic (exact) mass is 352 g/mol. The third-order valence-electron chi connectivity index (χ3n) is 3.68. The lowest BCUT2D eigenvalue weighted by atomic mass is 10.1. The number of fused-ring (bicyclic) bond motifs is 3. The number of halogens is 1. The van der Waals surface area contributed by atoms with Crippen molar-refractivity contribution in [2.45, 2.75) is 0 Å². The lowest BCUT2D eigenvalue weighted by Gasteiger charge is -1.96. The minimum Gasteiger partial charge on any atom is -1.00 e. The van der Waals surface area contributed by atoms with Gasteiger partial charge < -0.3 is 17.0 Å². The summed E-state index contributed by atoms with van der Waals surface area (Å²) in [7, 11) is 0. The predicted octanol–water partition coefficient (Wildman–Crippen LogP) is -0.0870. The Kier molecular flexibility index (Phi) is 3.77. The van der Waals surface area contributed by atoms with Gasteiger partial charge in [0, 0.05) is 11.6 Å². The highest BCUT2D eigenvalue weighted by atomic mass is 79.9. The highest BCUT2D eigenvalue weighted by Crippen LogP contribution is 2.16. The molecule has 0 unspecified atom stereocenters. The fraction of sp³-hybridized carbons (Fsp3) is 0. The van der Waals surface area contributed by atoms with Gasteiger partial charge >= 0.3 is 0 Å². The van der Waals surface area contributed by atoms with Crippen molar-refractivity contribution in [1.82, 2.24) is 4.40 Å². The van der Waals surface area contributed by atoms with Crippen molar-refractivity contribution < 1.29 is 26.2 Å². The summed E-state index contributed by atoms with van der Waals surface area (Å²) in [5.74, 6) is 0.0329. The summed E-state index contributed by atoms with van der Waals surface area (Å²) < 4.78 is 3.99. The third kappa shape index (κ3) is 2.12. The van der Waals surface area contributed by atoms with Crippen molar-refractivity contribution in [2.24, 2.45) is 0 Å². The molecule has 0 aliphatic heterocycles. The minimum atomic E-state index is 0. The normalized spacial score (nSPS) is 10.5. The molecule has 22 heavy (non-hydrogen) atoms. The first-order valence-corrected chi connectivity index (χ1v) is 6.85. The van der Waals surface area contributed by atoms with Gasteiger partial charge in [-0.15, -0.1) is 0 Å². The maximum absolute atomic E-state index is 12.9. The molecule has 0 radical (unpaired) electrons. The van der Waals surface area contributed by atoms with Gasteiger partial charge in [-0.05, 0) is 18.2 Å². The molecule has 0 N–H and O–H groups in total. The van der Waals surface area contributed by atoms with E-state index in [-0.39, 0.29) is 22.8 Å². The zero-order valence-electron chi connectivity index (χ0n) is 11.7. The van der Waals surface area contributed by atoms with Crippen molar-refractivity contribution in [3.05, 3.63) is 90.4 Å². The molecular weight excluding hydrogens is 340 g/mol. The second-order valence-electron chi connectivity index (χ2n) is 4.93. The van der Waals surface area contributed by atoms with Crippen LogP contribution in [0.2, 0.25) is 0 Å². The molecule has 0 fully saturated rings. The molecule has 3 heterocycles. The lowest BCUT2D eigenvalue weighted by molar-refractivity contribution is -0.512. The molecule has 0 spiro atoms. The zero-order valence-corrected chi connectivity index (χ0v) is 13.3. The summed E-state index contributed by atoms with van der Waals surface area (Å²) in [5, 5.41) is 0. The maximum Gasteiger partial charge on any atom is 0.291 e. The smallest absolute Gasteiger partial charge is 0.291 e. The molecule has 0 atom stereocenters. The molecule has 3 nitrogen and oxygen atoms in total. The van der Waals surface area contributed by atoms with Gasteiger partial charge in [0.15, 0.2) is 5.52 Å². The van der Waals surface area contributed by atoms with Crippen LogP contribution in [0.5, 0.6) is 0 Å². The Morgan fingerprint density at radius 3 is 2.41 bits per heavy atom. The van der Waals surface area contributed by atoms with Crippen molar-refractivity contribution in [2.75, 3.05) is 0 Å². The molecule has 0 aliphatic carbocycles. The third-order valence-corrected chi connectivity index (χ3v) is 3.68. The number of benzene rings is 1. The molecule has 0 aliphatic rings. The van der Waals surface area contributed by atoms with Gasteiger partial charge in [0.1, 0.15) is 0 Å². The van der Waals surface area contributed by atoms with E-state index in [2.05, 4.69) is 0 Å². The van der Waals surface area contributed by atoms with Crippen LogP contribution in [0.25, 0.3) is 11.2 Å². The highest BCUT2D eigenvalue weighted by molar-refractivity contribution is 6.11. The van der Waals surface area contributed by atoms with Crippen LogP contribution in [0, 0.1) is 0 Å². The topological polar surface area (TPSA) is 25.6 Å². The molecule has 4 aromatic rings. The average molecular weight is 353 g/mol. The summed E-state index contributed by atoms with van der Waals surface area (Å²) in [6, 6.07) is 21.2. The Balaban J connectivity index is 0.00000144. The van der Waals surface area contributed by atoms with Crippen LogP contribution in [-0.2, 0) is 0 Å². The molecule has 3 aromatic heterocycles. The van der Waals surface area contributed by atoms with Crippen LogP contribution in [-0.4, -0.2) is 10.2 Å². The summed E-state index contributed by atoms with van der Waals surface area (Å²) in [6.45, 7) is 0. The highest BCUT2D eigenvalue weighted by Gasteiger charge is 2.25. The maximum atomic E-state index is 12.9. The first-order valence-electron chi connectivity index (χ1n) is 6.85. The van der Waals surface area contributed by atoms with E-state index in [0.29, 0.717) is 11.3 Å². The van der Waals surface area contributed by atoms with Crippen LogP contribution in [0.3, 0.4) is 0 Å². The zero-order chi connectivity index (χ0) is 14.2. The van der Waals surface area contributed by atoms with Crippen molar-refractivity contribution in [3.8, 4) is 0 Å². The summed E-state index contributed by atoms with van der Waals surface area (Å²) in [6.07, 6.45) is 3.91. The number of imidazole rings is 1. The Labute approximate surface area is 138 Å². The molecule has 0 amide bonds. The fourth-order valence-electron chi connectivity index (χ4n) is 2.73. The molecular formula is C18H13BrN2O. The van der Waals surface area contributed by atoms with Gasteiger partial charge in [-0.25, -0.2) is 0 Å². The van der Waals surface area contributed by atoms with Crippen LogP contribution >= 0.6 is 0 Å². The number of hydrogen-bond acceptors (Lipinski definition) is 1. The summed E-state index contributed by atoms with van der Waals surface area (Å²) in [5.41, 5.74) is 3.29. The SMILES string of the molecule is O=C(c1ccccc1)c1c2ccccn2c2cccc[n+]12.[Br-]. The van der Waals surface area contributed by atoms with Gasteiger partial charge in [-0.2, -0.15) is 8.80 Å². The van der Waals surface area contributed by atoms with Gasteiger partial charge in [0.05, 0.1) is 12.4 Å². The standard InChI is InChI=1S/C18H13N2O.BrH/c21-18(14-8-2-1-3-9-14)17-15-10-4-6-12-19(15)16-11-5-7-13-20(16)17;/h1-13H;1H/q+1;/p-1. The van der Waals surface area contributed by atoms with E-state index in [9.17, 15) is 4.79 Å². The largest absolute Gasteiger partial charge is 1.00 e. The fourth-order valence-corrected chi connectivity index (χ4v) is 2.73. The van der Waals surface area contributed by atoms with Gasteiger partial charge in [0.25, 0.3) is 5.65 Å². The van der Waals surface area contributed by atoms with E-state index >= 15 is 0 Å². The van der Waals surface area contributed by atoms with E-state index in [1.54, 1.807) is 0 Å². The quantitative estimate of drug-likeness (QED) is 0.366. The van der Waals surface area contributed by atoms with Crippen LogP contribution < -0.4 is 21.4 Å². The molecule has 1 aromatic carbocycles.